The summed E-state index contributed by atoms with van der Waals surface area (Å²) in [6.07, 6.45) is 12.1. The lowest BCUT2D eigenvalue weighted by Gasteiger charge is -2.38. The second-order valence-electron chi connectivity index (χ2n) is 8.61. The zero-order valence-electron chi connectivity index (χ0n) is 15.3. The third-order valence-corrected chi connectivity index (χ3v) is 6.71. The Balaban J connectivity index is 0.00000144. The van der Waals surface area contributed by atoms with Gasteiger partial charge in [0.15, 0.2) is 0 Å². The molecule has 0 radical (unpaired) electrons. The summed E-state index contributed by atoms with van der Waals surface area (Å²) < 4.78 is 2.34. The van der Waals surface area contributed by atoms with Crippen LogP contribution in [0.2, 0.25) is 0 Å². The Labute approximate surface area is 183 Å². The van der Waals surface area contributed by atoms with E-state index in [9.17, 15) is 0 Å². The average molecular weight is 556 g/mol. The lowest BCUT2D eigenvalue weighted by atomic mass is 9.64. The summed E-state index contributed by atoms with van der Waals surface area (Å²) in [5.74, 6) is 3.70. The molecule has 0 aromatic rings. The number of allylic oxidation sites excluding steroid dienone is 2. The highest BCUT2D eigenvalue weighted by Gasteiger charge is 2.52. The number of rotatable bonds is 7. The minimum Gasteiger partial charge on any atom is -1.00 e. The van der Waals surface area contributed by atoms with E-state index in [-0.39, 0.29) is 48.0 Å². The first-order valence-corrected chi connectivity index (χ1v) is 9.06. The molecular formula is C20H34I2N2. The fraction of sp³-hybridized carbons (Fsp3) is 0.700. The summed E-state index contributed by atoms with van der Waals surface area (Å²) in [6, 6.07) is 0. The van der Waals surface area contributed by atoms with Gasteiger partial charge in [0.1, 0.15) is 13.1 Å². The Morgan fingerprint density at radius 3 is 1.83 bits per heavy atom. The van der Waals surface area contributed by atoms with Gasteiger partial charge in [-0.05, 0) is 36.8 Å². The number of halogens is 2. The van der Waals surface area contributed by atoms with Gasteiger partial charge in [-0.3, -0.25) is 0 Å². The van der Waals surface area contributed by atoms with Crippen LogP contribution < -0.4 is 48.0 Å². The van der Waals surface area contributed by atoms with Gasteiger partial charge in [0, 0.05) is 11.8 Å². The maximum atomic E-state index is 3.95. The van der Waals surface area contributed by atoms with Gasteiger partial charge < -0.3 is 56.9 Å². The van der Waals surface area contributed by atoms with E-state index in [0.717, 1.165) is 41.2 Å². The second kappa shape index (κ2) is 9.00. The number of fused-ring (bicyclic) bond motifs is 1. The largest absolute Gasteiger partial charge is 1.00 e. The van der Waals surface area contributed by atoms with Crippen LogP contribution in [0.1, 0.15) is 12.8 Å². The normalized spacial score (nSPS) is 36.4. The third-order valence-electron chi connectivity index (χ3n) is 6.71. The van der Waals surface area contributed by atoms with Gasteiger partial charge in [-0.2, -0.15) is 0 Å². The highest BCUT2D eigenvalue weighted by atomic mass is 127. The van der Waals surface area contributed by atoms with Crippen LogP contribution in [0.4, 0.5) is 0 Å². The molecule has 4 heteroatoms. The minimum atomic E-state index is 0. The van der Waals surface area contributed by atoms with Gasteiger partial charge >= 0.3 is 0 Å². The molecule has 4 atom stereocenters. The topological polar surface area (TPSA) is 0 Å². The number of hydrogen-bond donors (Lipinski definition) is 0. The van der Waals surface area contributed by atoms with Crippen LogP contribution in [0.15, 0.2) is 37.5 Å². The number of likely N-dealkylation sites (tertiary alicyclic amines) is 1. The third kappa shape index (κ3) is 4.65. The molecule has 4 rings (SSSR count). The fourth-order valence-electron chi connectivity index (χ4n) is 5.39. The summed E-state index contributed by atoms with van der Waals surface area (Å²) in [5, 5.41) is 0. The van der Waals surface area contributed by atoms with Crippen molar-refractivity contribution in [1.29, 1.82) is 0 Å². The van der Waals surface area contributed by atoms with Crippen molar-refractivity contribution < 1.29 is 56.9 Å². The maximum absolute atomic E-state index is 3.95. The van der Waals surface area contributed by atoms with Crippen LogP contribution in [-0.2, 0) is 0 Å². The lowest BCUT2D eigenvalue weighted by molar-refractivity contribution is -0.954. The van der Waals surface area contributed by atoms with Crippen LogP contribution in [0.25, 0.3) is 0 Å². The van der Waals surface area contributed by atoms with Crippen LogP contribution in [0.3, 0.4) is 0 Å². The molecule has 24 heavy (non-hydrogen) atoms. The molecule has 0 amide bonds. The first-order valence-electron chi connectivity index (χ1n) is 9.06. The second-order valence-corrected chi connectivity index (χ2v) is 8.61. The van der Waals surface area contributed by atoms with Gasteiger partial charge in [-0.25, -0.2) is 0 Å². The number of hydrogen-bond acceptors (Lipinski definition) is 0. The van der Waals surface area contributed by atoms with Crippen molar-refractivity contribution in [3.8, 4) is 0 Å². The van der Waals surface area contributed by atoms with E-state index in [4.69, 9.17) is 0 Å². The summed E-state index contributed by atoms with van der Waals surface area (Å²) in [6.45, 7) is 15.3. The van der Waals surface area contributed by atoms with Gasteiger partial charge in [-0.1, -0.05) is 25.3 Å². The summed E-state index contributed by atoms with van der Waals surface area (Å²) in [5.41, 5.74) is 0. The monoisotopic (exact) mass is 556 g/mol. The highest BCUT2D eigenvalue weighted by Crippen LogP contribution is 2.49. The smallest absolute Gasteiger partial charge is 0.129 e. The molecule has 4 unspecified atom stereocenters. The Morgan fingerprint density at radius 1 is 1.00 bits per heavy atom. The molecule has 1 saturated heterocycles. The zero-order valence-corrected chi connectivity index (χ0v) is 19.7. The lowest BCUT2D eigenvalue weighted by Crippen LogP contribution is -3.00. The van der Waals surface area contributed by atoms with E-state index in [1.165, 1.54) is 43.5 Å². The molecule has 0 aromatic heterocycles. The van der Waals surface area contributed by atoms with Crippen molar-refractivity contribution in [2.45, 2.75) is 12.8 Å². The van der Waals surface area contributed by atoms with E-state index in [1.54, 1.807) is 0 Å². The van der Waals surface area contributed by atoms with Crippen molar-refractivity contribution >= 4 is 0 Å². The molecule has 4 aliphatic rings. The predicted molar refractivity (Wildman–Crippen MR) is 94.3 cm³/mol. The molecular weight excluding hydrogens is 522 g/mol. The van der Waals surface area contributed by atoms with E-state index < -0.39 is 0 Å². The standard InChI is InChI=1S/C20H34N2.2HI/c1-5-11-21(3,12-6-2)13-14-22(4)15-19-17-7-8-18(10-9-17)20(19)16-22;;/h5-8,17-20H,1-2,9-16H2,3-4H3;2*1H/q+2;;/p-2. The van der Waals surface area contributed by atoms with Gasteiger partial charge in [0.25, 0.3) is 0 Å². The number of likely N-dealkylation sites (N-methyl/N-ethyl adjacent to an activating group) is 2. The summed E-state index contributed by atoms with van der Waals surface area (Å²) >= 11 is 0. The fourth-order valence-corrected chi connectivity index (χ4v) is 5.39. The van der Waals surface area contributed by atoms with Crippen molar-refractivity contribution in [3.63, 3.8) is 0 Å². The Hall–Kier alpha value is 0.600. The maximum Gasteiger partial charge on any atom is 0.129 e. The molecule has 3 aliphatic carbocycles. The van der Waals surface area contributed by atoms with Gasteiger partial charge in [0.2, 0.25) is 0 Å². The quantitative estimate of drug-likeness (QED) is 0.180. The van der Waals surface area contributed by atoms with Crippen molar-refractivity contribution in [1.82, 2.24) is 0 Å². The molecule has 2 nitrogen and oxygen atoms in total. The average Bonchev–Trinajstić information content (AvgIpc) is 2.87. The molecule has 1 aliphatic heterocycles. The van der Waals surface area contributed by atoms with Crippen LogP contribution in [-0.4, -0.2) is 62.3 Å². The molecule has 1 saturated carbocycles. The van der Waals surface area contributed by atoms with E-state index in [2.05, 4.69) is 51.6 Å². The molecule has 2 fully saturated rings. The van der Waals surface area contributed by atoms with Crippen LogP contribution >= 0.6 is 0 Å². The SMILES string of the molecule is C=CC[N+](C)(CC=C)CC[N+]1(C)CC2C3C=CC(CC3)C2C1.[I-].[I-]. The molecule has 2 bridgehead atoms. The highest BCUT2D eigenvalue weighted by molar-refractivity contribution is 5.10. The van der Waals surface area contributed by atoms with Crippen molar-refractivity contribution in [2.24, 2.45) is 23.7 Å². The molecule has 0 N–H and O–H groups in total. The minimum absolute atomic E-state index is 0. The van der Waals surface area contributed by atoms with Gasteiger partial charge in [-0.15, -0.1) is 0 Å². The predicted octanol–water partition coefficient (Wildman–Crippen LogP) is -2.90. The van der Waals surface area contributed by atoms with Crippen molar-refractivity contribution in [2.75, 3.05) is 53.4 Å². The molecule has 138 valence electrons. The van der Waals surface area contributed by atoms with Crippen LogP contribution in [0.5, 0.6) is 0 Å². The Bertz CT molecular complexity index is 442. The summed E-state index contributed by atoms with van der Waals surface area (Å²) in [4.78, 5) is 0. The Kier molecular flexibility index (Phi) is 8.49. The number of nitrogens with zero attached hydrogens (tertiary/aromatic N) is 2. The first kappa shape index (κ1) is 22.6. The van der Waals surface area contributed by atoms with E-state index in [1.807, 2.05) is 0 Å². The van der Waals surface area contributed by atoms with Crippen molar-refractivity contribution in [3.05, 3.63) is 37.5 Å². The van der Waals surface area contributed by atoms with Crippen LogP contribution in [0, 0.1) is 23.7 Å². The molecule has 1 heterocycles. The first-order chi connectivity index (χ1) is 10.5. The molecule has 0 spiro atoms. The van der Waals surface area contributed by atoms with E-state index in [0.29, 0.717) is 0 Å². The van der Waals surface area contributed by atoms with E-state index >= 15 is 0 Å². The zero-order chi connectivity index (χ0) is 15.8. The number of quaternary nitrogens is 2. The van der Waals surface area contributed by atoms with Gasteiger partial charge in [0.05, 0.1) is 40.3 Å². The summed E-state index contributed by atoms with van der Waals surface area (Å²) in [7, 11) is 4.85. The Morgan fingerprint density at radius 2 is 1.46 bits per heavy atom. The molecule has 0 aromatic carbocycles.